The Kier molecular flexibility index (Phi) is 8.37. The second-order valence-electron chi connectivity index (χ2n) is 6.88. The smallest absolute Gasteiger partial charge is 0.266 e. The van der Waals surface area contributed by atoms with Crippen LogP contribution in [0.5, 0.6) is 17.2 Å². The molecule has 0 radical (unpaired) electrons. The molecule has 0 aliphatic carbocycles. The predicted molar refractivity (Wildman–Crippen MR) is 130 cm³/mol. The molecular formula is C24H27NO4S2. The highest BCUT2D eigenvalue weighted by Crippen LogP contribution is 2.34. The second-order valence-corrected chi connectivity index (χ2v) is 8.56. The lowest BCUT2D eigenvalue weighted by Crippen LogP contribution is -2.27. The fourth-order valence-corrected chi connectivity index (χ4v) is 4.45. The number of thiocarbonyl (C=S) groups is 1. The van der Waals surface area contributed by atoms with Gasteiger partial charge in [0.2, 0.25) is 0 Å². The first-order chi connectivity index (χ1) is 15.0. The quantitative estimate of drug-likeness (QED) is 0.268. The lowest BCUT2D eigenvalue weighted by atomic mass is 10.2. The Labute approximate surface area is 193 Å². The zero-order chi connectivity index (χ0) is 22.2. The van der Waals surface area contributed by atoms with Gasteiger partial charge in [0.1, 0.15) is 10.1 Å². The van der Waals surface area contributed by atoms with Crippen molar-refractivity contribution in [2.75, 3.05) is 26.4 Å². The van der Waals surface area contributed by atoms with Crippen LogP contribution in [0.15, 0.2) is 47.4 Å². The third kappa shape index (κ3) is 6.02. The molecule has 164 valence electrons. The molecule has 1 amide bonds. The van der Waals surface area contributed by atoms with Gasteiger partial charge in [-0.05, 0) is 56.2 Å². The molecule has 2 aromatic rings. The fraction of sp³-hybridized carbons (Fsp3) is 0.333. The number of carbonyl (C=O) groups excluding carboxylic acids is 1. The van der Waals surface area contributed by atoms with Crippen molar-refractivity contribution in [2.24, 2.45) is 0 Å². The summed E-state index contributed by atoms with van der Waals surface area (Å²) in [6.07, 6.45) is 2.60. The molecule has 0 saturated carbocycles. The summed E-state index contributed by atoms with van der Waals surface area (Å²) < 4.78 is 18.1. The molecular weight excluding hydrogens is 430 g/mol. The van der Waals surface area contributed by atoms with Gasteiger partial charge in [-0.25, -0.2) is 0 Å². The molecule has 1 aliphatic rings. The number of nitrogens with zero attached hydrogens (tertiary/aromatic N) is 1. The summed E-state index contributed by atoms with van der Waals surface area (Å²) in [6, 6.07) is 13.6. The van der Waals surface area contributed by atoms with Crippen LogP contribution in [-0.4, -0.2) is 41.5 Å². The van der Waals surface area contributed by atoms with E-state index in [9.17, 15) is 4.79 Å². The van der Waals surface area contributed by atoms with Gasteiger partial charge in [0.25, 0.3) is 5.91 Å². The Morgan fingerprint density at radius 1 is 1.00 bits per heavy atom. The molecule has 1 saturated heterocycles. The van der Waals surface area contributed by atoms with E-state index in [4.69, 9.17) is 26.4 Å². The monoisotopic (exact) mass is 457 g/mol. The Hall–Kier alpha value is -2.51. The normalized spacial score (nSPS) is 14.9. The van der Waals surface area contributed by atoms with Crippen molar-refractivity contribution in [1.82, 2.24) is 4.90 Å². The molecule has 7 heteroatoms. The van der Waals surface area contributed by atoms with Gasteiger partial charge in [0, 0.05) is 13.0 Å². The number of thioether (sulfide) groups is 1. The summed E-state index contributed by atoms with van der Waals surface area (Å²) in [5, 5.41) is 0. The number of para-hydroxylation sites is 1. The first-order valence-corrected chi connectivity index (χ1v) is 11.6. The minimum absolute atomic E-state index is 0.0514. The number of rotatable bonds is 10. The lowest BCUT2D eigenvalue weighted by molar-refractivity contribution is -0.121. The van der Waals surface area contributed by atoms with E-state index in [0.717, 1.165) is 23.3 Å². The van der Waals surface area contributed by atoms with E-state index in [1.807, 2.05) is 69.3 Å². The van der Waals surface area contributed by atoms with Crippen LogP contribution in [0.2, 0.25) is 0 Å². The summed E-state index contributed by atoms with van der Waals surface area (Å²) in [6.45, 7) is 8.06. The maximum absolute atomic E-state index is 12.4. The molecule has 5 nitrogen and oxygen atoms in total. The number of aryl methyl sites for hydroxylation is 1. The van der Waals surface area contributed by atoms with Crippen molar-refractivity contribution in [1.29, 1.82) is 0 Å². The summed E-state index contributed by atoms with van der Waals surface area (Å²) >= 11 is 6.60. The molecule has 1 fully saturated rings. The van der Waals surface area contributed by atoms with Gasteiger partial charge in [-0.3, -0.25) is 9.69 Å². The molecule has 1 aliphatic heterocycles. The number of ether oxygens (including phenoxy) is 3. The minimum Gasteiger partial charge on any atom is -0.493 e. The molecule has 0 unspecified atom stereocenters. The first kappa shape index (κ1) is 23.2. The summed E-state index contributed by atoms with van der Waals surface area (Å²) in [7, 11) is 0. The van der Waals surface area contributed by atoms with E-state index in [-0.39, 0.29) is 5.91 Å². The van der Waals surface area contributed by atoms with Gasteiger partial charge >= 0.3 is 0 Å². The molecule has 0 aromatic heterocycles. The van der Waals surface area contributed by atoms with Crippen LogP contribution < -0.4 is 14.2 Å². The third-order valence-corrected chi connectivity index (χ3v) is 6.03. The second kappa shape index (κ2) is 11.2. The zero-order valence-corrected chi connectivity index (χ0v) is 19.7. The molecule has 0 atom stereocenters. The average Bonchev–Trinajstić information content (AvgIpc) is 3.02. The number of hydrogen-bond donors (Lipinski definition) is 0. The van der Waals surface area contributed by atoms with E-state index in [1.165, 1.54) is 11.8 Å². The maximum atomic E-state index is 12.4. The van der Waals surface area contributed by atoms with Crippen LogP contribution in [0.25, 0.3) is 6.08 Å². The highest BCUT2D eigenvalue weighted by molar-refractivity contribution is 8.26. The highest BCUT2D eigenvalue weighted by atomic mass is 32.2. The molecule has 3 rings (SSSR count). The minimum atomic E-state index is -0.0514. The van der Waals surface area contributed by atoms with E-state index in [2.05, 4.69) is 0 Å². The van der Waals surface area contributed by atoms with Crippen molar-refractivity contribution in [3.05, 3.63) is 58.5 Å². The molecule has 0 N–H and O–H groups in total. The van der Waals surface area contributed by atoms with Crippen LogP contribution >= 0.6 is 24.0 Å². The van der Waals surface area contributed by atoms with Crippen LogP contribution in [0.1, 0.15) is 31.4 Å². The maximum Gasteiger partial charge on any atom is 0.266 e. The fourth-order valence-electron chi connectivity index (χ4n) is 3.07. The summed E-state index contributed by atoms with van der Waals surface area (Å²) in [5.41, 5.74) is 1.99. The summed E-state index contributed by atoms with van der Waals surface area (Å²) in [5.74, 6) is 2.18. The Morgan fingerprint density at radius 3 is 2.42 bits per heavy atom. The number of hydrogen-bond acceptors (Lipinski definition) is 6. The van der Waals surface area contributed by atoms with Crippen molar-refractivity contribution in [3.63, 3.8) is 0 Å². The van der Waals surface area contributed by atoms with E-state index < -0.39 is 0 Å². The van der Waals surface area contributed by atoms with Gasteiger partial charge in [-0.2, -0.15) is 0 Å². The van der Waals surface area contributed by atoms with Gasteiger partial charge in [-0.15, -0.1) is 0 Å². The molecule has 0 spiro atoms. The van der Waals surface area contributed by atoms with E-state index in [1.54, 1.807) is 4.90 Å². The van der Waals surface area contributed by atoms with Crippen LogP contribution in [0, 0.1) is 6.92 Å². The van der Waals surface area contributed by atoms with Gasteiger partial charge in [0.15, 0.2) is 11.5 Å². The zero-order valence-electron chi connectivity index (χ0n) is 18.1. The number of carbonyl (C=O) groups is 1. The lowest BCUT2D eigenvalue weighted by Gasteiger charge is -2.13. The van der Waals surface area contributed by atoms with Crippen molar-refractivity contribution < 1.29 is 19.0 Å². The average molecular weight is 458 g/mol. The first-order valence-electron chi connectivity index (χ1n) is 10.4. The molecule has 0 bridgehead atoms. The largest absolute Gasteiger partial charge is 0.493 e. The molecule has 31 heavy (non-hydrogen) atoms. The van der Waals surface area contributed by atoms with E-state index in [0.29, 0.717) is 47.1 Å². The van der Waals surface area contributed by atoms with Crippen LogP contribution in [0.3, 0.4) is 0 Å². The van der Waals surface area contributed by atoms with Crippen LogP contribution in [0.4, 0.5) is 0 Å². The Bertz CT molecular complexity index is 974. The van der Waals surface area contributed by atoms with Crippen LogP contribution in [-0.2, 0) is 4.79 Å². The van der Waals surface area contributed by atoms with Gasteiger partial charge in [0.05, 0.1) is 24.7 Å². The SMILES string of the molecule is CCOc1cc(/C=C2/SC(=S)N(CC)C2=O)ccc1OCCCOc1ccccc1C. The van der Waals surface area contributed by atoms with Crippen molar-refractivity contribution in [3.8, 4) is 17.2 Å². The standard InChI is InChI=1S/C24H27NO4S2/c1-4-25-23(26)22(31-24(25)30)16-18-11-12-20(21(15-18)27-5-2)29-14-8-13-28-19-10-7-6-9-17(19)3/h6-7,9-12,15-16H,4-5,8,13-14H2,1-3H3/b22-16+. The molecule has 1 heterocycles. The third-order valence-electron chi connectivity index (χ3n) is 4.65. The Balaban J connectivity index is 1.60. The number of amides is 1. The topological polar surface area (TPSA) is 48.0 Å². The molecule has 2 aromatic carbocycles. The summed E-state index contributed by atoms with van der Waals surface area (Å²) in [4.78, 5) is 14.7. The highest BCUT2D eigenvalue weighted by Gasteiger charge is 2.30. The predicted octanol–water partition coefficient (Wildman–Crippen LogP) is 5.46. The number of benzene rings is 2. The van der Waals surface area contributed by atoms with Gasteiger partial charge in [-0.1, -0.05) is 48.2 Å². The Morgan fingerprint density at radius 2 is 1.74 bits per heavy atom. The van der Waals surface area contributed by atoms with E-state index >= 15 is 0 Å². The van der Waals surface area contributed by atoms with Gasteiger partial charge < -0.3 is 14.2 Å². The number of likely N-dealkylation sites (N-methyl/N-ethyl adjacent to an activating group) is 1. The van der Waals surface area contributed by atoms with Crippen molar-refractivity contribution in [2.45, 2.75) is 27.2 Å². The van der Waals surface area contributed by atoms with Crippen molar-refractivity contribution >= 4 is 40.3 Å².